The number of carbonyl (C=O) groups excluding carboxylic acids is 1. The molecule has 4 heteroatoms. The summed E-state index contributed by atoms with van der Waals surface area (Å²) in [6.07, 6.45) is 0. The number of thiol groups is 2. The number of rotatable bonds is 2. The maximum absolute atomic E-state index is 11.0. The summed E-state index contributed by atoms with van der Waals surface area (Å²) in [5.41, 5.74) is 0.761. The Labute approximate surface area is 93.3 Å². The molecule has 0 aliphatic heterocycles. The number of carbonyl (C=O) groups is 1. The van der Waals surface area contributed by atoms with Gasteiger partial charge in [0, 0.05) is 9.79 Å². The minimum atomic E-state index is -0.583. The maximum Gasteiger partial charge on any atom is 0.152 e. The van der Waals surface area contributed by atoms with Gasteiger partial charge in [0.05, 0.1) is 0 Å². The number of benzene rings is 1. The second-order valence-corrected chi connectivity index (χ2v) is 4.12. The second-order valence-electron chi connectivity index (χ2n) is 2.72. The molecule has 0 aliphatic rings. The third kappa shape index (κ3) is 2.66. The van der Waals surface area contributed by atoms with E-state index < -0.39 is 5.38 Å². The first-order chi connectivity index (χ1) is 6.02. The largest absolute Gasteiger partial charge is 0.298 e. The average molecular weight is 233 g/mol. The average Bonchev–Trinajstić information content (AvgIpc) is 2.08. The predicted octanol–water partition coefficient (Wildman–Crippen LogP) is 3.13. The summed E-state index contributed by atoms with van der Waals surface area (Å²) in [4.78, 5) is 12.5. The molecule has 0 saturated carbocycles. The Balaban J connectivity index is 3.03. The van der Waals surface area contributed by atoms with Crippen LogP contribution in [0.15, 0.2) is 28.0 Å². The zero-order chi connectivity index (χ0) is 10.0. The van der Waals surface area contributed by atoms with Gasteiger partial charge in [-0.05, 0) is 24.6 Å². The number of hydrogen-bond acceptors (Lipinski definition) is 3. The summed E-state index contributed by atoms with van der Waals surface area (Å²) >= 11 is 14.2. The van der Waals surface area contributed by atoms with Crippen LogP contribution in [0.25, 0.3) is 0 Å². The Morgan fingerprint density at radius 1 is 1.38 bits per heavy atom. The fourth-order valence-corrected chi connectivity index (χ4v) is 1.43. The molecule has 1 nitrogen and oxygen atoms in total. The van der Waals surface area contributed by atoms with E-state index >= 15 is 0 Å². The van der Waals surface area contributed by atoms with Crippen LogP contribution in [0.5, 0.6) is 0 Å². The Morgan fingerprint density at radius 3 is 2.46 bits per heavy atom. The molecular formula is C9H9ClOS2. The molecule has 1 aromatic rings. The maximum atomic E-state index is 11.0. The number of Topliss-reactive ketones (excluding diaryl/α,β-unsaturated/α-hetero) is 1. The lowest BCUT2D eigenvalue weighted by Crippen LogP contribution is -2.01. The third-order valence-corrected chi connectivity index (χ3v) is 3.14. The molecule has 0 aliphatic carbocycles. The number of halogens is 1. The van der Waals surface area contributed by atoms with Gasteiger partial charge >= 0.3 is 0 Å². The lowest BCUT2D eigenvalue weighted by molar-refractivity contribution is -0.116. The van der Waals surface area contributed by atoms with Crippen molar-refractivity contribution in [2.75, 3.05) is 0 Å². The first-order valence-electron chi connectivity index (χ1n) is 3.68. The third-order valence-electron chi connectivity index (χ3n) is 1.65. The molecule has 1 unspecified atom stereocenters. The van der Waals surface area contributed by atoms with Crippen LogP contribution >= 0.6 is 36.9 Å². The monoisotopic (exact) mass is 232 g/mol. The second kappa shape index (κ2) is 4.40. The van der Waals surface area contributed by atoms with Crippen LogP contribution in [-0.2, 0) is 4.79 Å². The van der Waals surface area contributed by atoms with Crippen molar-refractivity contribution in [1.82, 2.24) is 0 Å². The minimum Gasteiger partial charge on any atom is -0.298 e. The van der Waals surface area contributed by atoms with E-state index in [-0.39, 0.29) is 5.78 Å². The SMILES string of the molecule is CC(=O)C(Cl)c1ccc(S)c(S)c1. The molecule has 0 radical (unpaired) electrons. The van der Waals surface area contributed by atoms with E-state index in [2.05, 4.69) is 25.3 Å². The van der Waals surface area contributed by atoms with Gasteiger partial charge in [-0.3, -0.25) is 4.79 Å². The van der Waals surface area contributed by atoms with Crippen molar-refractivity contribution >= 4 is 42.6 Å². The summed E-state index contributed by atoms with van der Waals surface area (Å²) < 4.78 is 0. The van der Waals surface area contributed by atoms with Crippen LogP contribution in [0.2, 0.25) is 0 Å². The zero-order valence-corrected chi connectivity index (χ0v) is 9.53. The summed E-state index contributed by atoms with van der Waals surface area (Å²) in [5, 5.41) is -0.583. The zero-order valence-electron chi connectivity index (χ0n) is 6.99. The van der Waals surface area contributed by atoms with E-state index in [1.165, 1.54) is 6.92 Å². The van der Waals surface area contributed by atoms with E-state index in [1.54, 1.807) is 18.2 Å². The van der Waals surface area contributed by atoms with Crippen molar-refractivity contribution in [1.29, 1.82) is 0 Å². The van der Waals surface area contributed by atoms with Gasteiger partial charge in [0.1, 0.15) is 5.38 Å². The summed E-state index contributed by atoms with van der Waals surface area (Å²) in [7, 11) is 0. The summed E-state index contributed by atoms with van der Waals surface area (Å²) in [6, 6.07) is 5.31. The van der Waals surface area contributed by atoms with Crippen LogP contribution in [0.4, 0.5) is 0 Å². The minimum absolute atomic E-state index is 0.0682. The van der Waals surface area contributed by atoms with Gasteiger partial charge in [-0.2, -0.15) is 0 Å². The van der Waals surface area contributed by atoms with Gasteiger partial charge in [0.25, 0.3) is 0 Å². The predicted molar refractivity (Wildman–Crippen MR) is 60.2 cm³/mol. The first kappa shape index (κ1) is 11.0. The van der Waals surface area contributed by atoms with Gasteiger partial charge in [-0.25, -0.2) is 0 Å². The van der Waals surface area contributed by atoms with Crippen molar-refractivity contribution in [2.45, 2.75) is 22.1 Å². The van der Waals surface area contributed by atoms with Crippen LogP contribution in [0.1, 0.15) is 17.9 Å². The van der Waals surface area contributed by atoms with E-state index in [9.17, 15) is 4.79 Å². The van der Waals surface area contributed by atoms with E-state index in [0.29, 0.717) is 0 Å². The van der Waals surface area contributed by atoms with Crippen molar-refractivity contribution < 1.29 is 4.79 Å². The van der Waals surface area contributed by atoms with Crippen molar-refractivity contribution in [3.8, 4) is 0 Å². The number of hydrogen-bond donors (Lipinski definition) is 2. The van der Waals surface area contributed by atoms with Crippen molar-refractivity contribution in [3.05, 3.63) is 23.8 Å². The van der Waals surface area contributed by atoms with E-state index in [0.717, 1.165) is 15.4 Å². The Bertz CT molecular complexity index is 338. The van der Waals surface area contributed by atoms with Gasteiger partial charge in [0.15, 0.2) is 5.78 Å². The normalized spacial score (nSPS) is 12.6. The van der Waals surface area contributed by atoms with Gasteiger partial charge in [-0.1, -0.05) is 6.07 Å². The highest BCUT2D eigenvalue weighted by atomic mass is 35.5. The van der Waals surface area contributed by atoms with Crippen LogP contribution in [0, 0.1) is 0 Å². The molecule has 0 heterocycles. The molecule has 0 amide bonds. The molecule has 1 aromatic carbocycles. The fourth-order valence-electron chi connectivity index (χ4n) is 0.933. The molecule has 0 fully saturated rings. The van der Waals surface area contributed by atoms with Gasteiger partial charge in [0.2, 0.25) is 0 Å². The Hall–Kier alpha value is -0.120. The van der Waals surface area contributed by atoms with Crippen LogP contribution in [0.3, 0.4) is 0 Å². The smallest absolute Gasteiger partial charge is 0.152 e. The molecule has 0 saturated heterocycles. The molecule has 70 valence electrons. The molecule has 0 aromatic heterocycles. The lowest BCUT2D eigenvalue weighted by Gasteiger charge is -2.07. The number of alkyl halides is 1. The topological polar surface area (TPSA) is 17.1 Å². The van der Waals surface area contributed by atoms with Crippen LogP contribution < -0.4 is 0 Å². The lowest BCUT2D eigenvalue weighted by atomic mass is 10.1. The van der Waals surface area contributed by atoms with Gasteiger partial charge in [-0.15, -0.1) is 36.9 Å². The standard InChI is InChI=1S/C9H9ClOS2/c1-5(11)9(10)6-2-3-7(12)8(13)4-6/h2-4,9,12-13H,1H3. The Morgan fingerprint density at radius 2 is 2.00 bits per heavy atom. The molecule has 1 atom stereocenters. The molecular weight excluding hydrogens is 224 g/mol. The summed E-state index contributed by atoms with van der Waals surface area (Å²) in [5.74, 6) is -0.0682. The Kier molecular flexibility index (Phi) is 3.71. The molecule has 13 heavy (non-hydrogen) atoms. The molecule has 0 spiro atoms. The van der Waals surface area contributed by atoms with E-state index in [1.807, 2.05) is 0 Å². The first-order valence-corrected chi connectivity index (χ1v) is 5.02. The highest BCUT2D eigenvalue weighted by molar-refractivity contribution is 7.83. The number of ketones is 1. The molecule has 0 bridgehead atoms. The van der Waals surface area contributed by atoms with Crippen molar-refractivity contribution in [3.63, 3.8) is 0 Å². The molecule has 0 N–H and O–H groups in total. The van der Waals surface area contributed by atoms with Gasteiger partial charge < -0.3 is 0 Å². The fraction of sp³-hybridized carbons (Fsp3) is 0.222. The summed E-state index contributed by atoms with van der Waals surface area (Å²) in [6.45, 7) is 1.46. The quantitative estimate of drug-likeness (QED) is 0.592. The van der Waals surface area contributed by atoms with Crippen LogP contribution in [-0.4, -0.2) is 5.78 Å². The van der Waals surface area contributed by atoms with E-state index in [4.69, 9.17) is 11.6 Å². The van der Waals surface area contributed by atoms with Crippen molar-refractivity contribution in [2.24, 2.45) is 0 Å². The molecule has 1 rings (SSSR count). The highest BCUT2D eigenvalue weighted by Gasteiger charge is 2.13. The highest BCUT2D eigenvalue weighted by Crippen LogP contribution is 2.26.